The van der Waals surface area contributed by atoms with Crippen molar-refractivity contribution < 1.29 is 18.7 Å². The topological polar surface area (TPSA) is 47.6 Å². The standard InChI is InChI=1S/C24H23ClFNO3/c1-3-29-23-12-9-18(13-19(23)15-30-22-6-4-5-20(25)14-22)24(28)27-16(2)17-7-10-21(26)11-8-17/h4-14,16H,3,15H2,1-2H3,(H,27,28)/t16-/m1/s1. The molecule has 0 unspecified atom stereocenters. The van der Waals surface area contributed by atoms with Crippen molar-refractivity contribution in [3.63, 3.8) is 0 Å². The zero-order chi connectivity index (χ0) is 21.5. The highest BCUT2D eigenvalue weighted by Crippen LogP contribution is 2.24. The van der Waals surface area contributed by atoms with E-state index in [9.17, 15) is 9.18 Å². The summed E-state index contributed by atoms with van der Waals surface area (Å²) in [6.45, 7) is 4.47. The number of halogens is 2. The molecule has 0 radical (unpaired) electrons. The molecule has 0 bridgehead atoms. The Morgan fingerprint density at radius 1 is 1.07 bits per heavy atom. The van der Waals surface area contributed by atoms with Gasteiger partial charge < -0.3 is 14.8 Å². The highest BCUT2D eigenvalue weighted by atomic mass is 35.5. The fourth-order valence-electron chi connectivity index (χ4n) is 2.96. The normalized spacial score (nSPS) is 11.6. The van der Waals surface area contributed by atoms with Crippen molar-refractivity contribution in [3.05, 3.63) is 94.3 Å². The summed E-state index contributed by atoms with van der Waals surface area (Å²) in [5.74, 6) is 0.736. The van der Waals surface area contributed by atoms with Gasteiger partial charge in [-0.3, -0.25) is 4.79 Å². The maximum Gasteiger partial charge on any atom is 0.251 e. The van der Waals surface area contributed by atoms with E-state index in [2.05, 4.69) is 5.32 Å². The first-order valence-corrected chi connectivity index (χ1v) is 10.0. The van der Waals surface area contributed by atoms with Gasteiger partial charge in [0.2, 0.25) is 0 Å². The van der Waals surface area contributed by atoms with E-state index in [1.165, 1.54) is 12.1 Å². The quantitative estimate of drug-likeness (QED) is 0.483. The molecule has 6 heteroatoms. The molecule has 0 heterocycles. The van der Waals surface area contributed by atoms with E-state index in [1.54, 1.807) is 42.5 Å². The van der Waals surface area contributed by atoms with E-state index in [-0.39, 0.29) is 24.4 Å². The van der Waals surface area contributed by atoms with E-state index in [0.717, 1.165) is 11.1 Å². The molecule has 3 aromatic carbocycles. The van der Waals surface area contributed by atoms with Crippen LogP contribution >= 0.6 is 11.6 Å². The molecule has 0 spiro atoms. The lowest BCUT2D eigenvalue weighted by Gasteiger charge is -2.16. The number of hydrogen-bond donors (Lipinski definition) is 1. The van der Waals surface area contributed by atoms with Crippen LogP contribution in [0.2, 0.25) is 5.02 Å². The second kappa shape index (κ2) is 10.1. The summed E-state index contributed by atoms with van der Waals surface area (Å²) in [7, 11) is 0. The predicted molar refractivity (Wildman–Crippen MR) is 116 cm³/mol. The van der Waals surface area contributed by atoms with Gasteiger partial charge in [0.25, 0.3) is 5.91 Å². The van der Waals surface area contributed by atoms with Gasteiger partial charge >= 0.3 is 0 Å². The minimum atomic E-state index is -0.312. The van der Waals surface area contributed by atoms with Gasteiger partial charge in [0.05, 0.1) is 12.6 Å². The Balaban J connectivity index is 1.74. The summed E-state index contributed by atoms with van der Waals surface area (Å²) in [5.41, 5.74) is 2.05. The fraction of sp³-hybridized carbons (Fsp3) is 0.208. The molecule has 0 fully saturated rings. The average molecular weight is 428 g/mol. The maximum atomic E-state index is 13.1. The minimum Gasteiger partial charge on any atom is -0.493 e. The van der Waals surface area contributed by atoms with Crippen molar-refractivity contribution >= 4 is 17.5 Å². The van der Waals surface area contributed by atoms with Gasteiger partial charge in [-0.2, -0.15) is 0 Å². The first kappa shape index (κ1) is 21.7. The molecule has 156 valence electrons. The van der Waals surface area contributed by atoms with Crippen LogP contribution in [0.25, 0.3) is 0 Å². The summed E-state index contributed by atoms with van der Waals surface area (Å²) < 4.78 is 24.6. The Morgan fingerprint density at radius 3 is 2.53 bits per heavy atom. The molecular formula is C24H23ClFNO3. The largest absolute Gasteiger partial charge is 0.493 e. The number of ether oxygens (including phenoxy) is 2. The first-order chi connectivity index (χ1) is 14.5. The van der Waals surface area contributed by atoms with Crippen molar-refractivity contribution in [3.8, 4) is 11.5 Å². The monoisotopic (exact) mass is 427 g/mol. The van der Waals surface area contributed by atoms with Crippen LogP contribution in [-0.2, 0) is 6.61 Å². The van der Waals surface area contributed by atoms with Crippen LogP contribution in [0, 0.1) is 5.82 Å². The number of carbonyl (C=O) groups excluding carboxylic acids is 1. The second-order valence-electron chi connectivity index (χ2n) is 6.75. The molecule has 1 atom stereocenters. The summed E-state index contributed by atoms with van der Waals surface area (Å²) in [5, 5.41) is 3.52. The predicted octanol–water partition coefficient (Wildman–Crippen LogP) is 5.95. The lowest BCUT2D eigenvalue weighted by atomic mass is 10.1. The molecule has 0 aliphatic rings. The van der Waals surface area contributed by atoms with E-state index < -0.39 is 0 Å². The Morgan fingerprint density at radius 2 is 1.83 bits per heavy atom. The number of nitrogens with one attached hydrogen (secondary N) is 1. The smallest absolute Gasteiger partial charge is 0.251 e. The van der Waals surface area contributed by atoms with Crippen LogP contribution in [0.15, 0.2) is 66.7 Å². The molecule has 4 nitrogen and oxygen atoms in total. The highest BCUT2D eigenvalue weighted by molar-refractivity contribution is 6.30. The van der Waals surface area contributed by atoms with E-state index in [0.29, 0.717) is 28.7 Å². The molecule has 30 heavy (non-hydrogen) atoms. The van der Waals surface area contributed by atoms with Crippen molar-refractivity contribution in [1.29, 1.82) is 0 Å². The van der Waals surface area contributed by atoms with Crippen molar-refractivity contribution in [2.75, 3.05) is 6.61 Å². The lowest BCUT2D eigenvalue weighted by Crippen LogP contribution is -2.26. The summed E-state index contributed by atoms with van der Waals surface area (Å²) in [4.78, 5) is 12.8. The number of carbonyl (C=O) groups is 1. The summed E-state index contributed by atoms with van der Waals surface area (Å²) >= 11 is 6.00. The molecule has 0 aromatic heterocycles. The Bertz CT molecular complexity index is 1010. The third-order valence-corrected chi connectivity index (χ3v) is 4.77. The minimum absolute atomic E-state index is 0.226. The van der Waals surface area contributed by atoms with Crippen LogP contribution in [0.4, 0.5) is 4.39 Å². The third-order valence-electron chi connectivity index (χ3n) is 4.53. The molecule has 0 saturated carbocycles. The fourth-order valence-corrected chi connectivity index (χ4v) is 3.14. The Labute approximate surface area is 180 Å². The van der Waals surface area contributed by atoms with Crippen molar-refractivity contribution in [2.45, 2.75) is 26.5 Å². The van der Waals surface area contributed by atoms with Crippen LogP contribution < -0.4 is 14.8 Å². The van der Waals surface area contributed by atoms with Gasteiger partial charge in [-0.05, 0) is 67.9 Å². The molecule has 1 amide bonds. The number of amides is 1. The zero-order valence-electron chi connectivity index (χ0n) is 16.8. The highest BCUT2D eigenvalue weighted by Gasteiger charge is 2.15. The van der Waals surface area contributed by atoms with Gasteiger partial charge in [0.1, 0.15) is 23.9 Å². The first-order valence-electron chi connectivity index (χ1n) is 9.66. The van der Waals surface area contributed by atoms with Crippen LogP contribution in [0.3, 0.4) is 0 Å². The maximum absolute atomic E-state index is 13.1. The Hall–Kier alpha value is -3.05. The molecule has 3 aromatic rings. The molecule has 3 rings (SSSR count). The second-order valence-corrected chi connectivity index (χ2v) is 7.18. The van der Waals surface area contributed by atoms with Gasteiger partial charge in [-0.15, -0.1) is 0 Å². The number of benzene rings is 3. The average Bonchev–Trinajstić information content (AvgIpc) is 2.73. The Kier molecular flexibility index (Phi) is 7.31. The third kappa shape index (κ3) is 5.74. The molecule has 1 N–H and O–H groups in total. The lowest BCUT2D eigenvalue weighted by molar-refractivity contribution is 0.0939. The van der Waals surface area contributed by atoms with E-state index >= 15 is 0 Å². The van der Waals surface area contributed by atoms with E-state index in [1.807, 2.05) is 26.0 Å². The SMILES string of the molecule is CCOc1ccc(C(=O)N[C@H](C)c2ccc(F)cc2)cc1COc1cccc(Cl)c1. The molecule has 0 aliphatic carbocycles. The van der Waals surface area contributed by atoms with Crippen LogP contribution in [0.1, 0.15) is 41.4 Å². The number of hydrogen-bond acceptors (Lipinski definition) is 3. The summed E-state index contributed by atoms with van der Waals surface area (Å²) in [6, 6.07) is 18.1. The number of rotatable bonds is 8. The summed E-state index contributed by atoms with van der Waals surface area (Å²) in [6.07, 6.45) is 0. The molecule has 0 saturated heterocycles. The van der Waals surface area contributed by atoms with E-state index in [4.69, 9.17) is 21.1 Å². The zero-order valence-corrected chi connectivity index (χ0v) is 17.6. The van der Waals surface area contributed by atoms with Gasteiger partial charge in [0, 0.05) is 16.1 Å². The van der Waals surface area contributed by atoms with Crippen LogP contribution in [0.5, 0.6) is 11.5 Å². The van der Waals surface area contributed by atoms with Gasteiger partial charge in [-0.25, -0.2) is 4.39 Å². The molecular weight excluding hydrogens is 405 g/mol. The molecule has 0 aliphatic heterocycles. The van der Waals surface area contributed by atoms with Crippen molar-refractivity contribution in [1.82, 2.24) is 5.32 Å². The van der Waals surface area contributed by atoms with Gasteiger partial charge in [-0.1, -0.05) is 29.8 Å². The van der Waals surface area contributed by atoms with Gasteiger partial charge in [0.15, 0.2) is 0 Å². The van der Waals surface area contributed by atoms with Crippen molar-refractivity contribution in [2.24, 2.45) is 0 Å². The van der Waals surface area contributed by atoms with Crippen LogP contribution in [-0.4, -0.2) is 12.5 Å².